The molecular formula is C19H19ClN2O4. The number of carbonyl (C=O) groups excluding carboxylic acids is 3. The molecule has 26 heavy (non-hydrogen) atoms. The third-order valence-electron chi connectivity index (χ3n) is 3.57. The van der Waals surface area contributed by atoms with E-state index >= 15 is 0 Å². The molecule has 7 heteroatoms. The molecule has 2 rings (SSSR count). The summed E-state index contributed by atoms with van der Waals surface area (Å²) >= 11 is 5.96. The van der Waals surface area contributed by atoms with Crippen molar-refractivity contribution in [3.05, 3.63) is 64.7 Å². The Morgan fingerprint density at radius 2 is 1.85 bits per heavy atom. The maximum absolute atomic E-state index is 12.5. The highest BCUT2D eigenvalue weighted by molar-refractivity contribution is 6.30. The molecule has 0 aliphatic heterocycles. The van der Waals surface area contributed by atoms with Gasteiger partial charge >= 0.3 is 5.97 Å². The van der Waals surface area contributed by atoms with Crippen molar-refractivity contribution in [2.24, 2.45) is 0 Å². The Kier molecular flexibility index (Phi) is 6.74. The number of anilines is 1. The summed E-state index contributed by atoms with van der Waals surface area (Å²) in [4.78, 5) is 35.7. The molecule has 0 bridgehead atoms. The van der Waals surface area contributed by atoms with Gasteiger partial charge < -0.3 is 15.4 Å². The lowest BCUT2D eigenvalue weighted by Gasteiger charge is -2.17. The molecule has 0 aromatic heterocycles. The maximum atomic E-state index is 12.5. The zero-order valence-corrected chi connectivity index (χ0v) is 15.2. The van der Waals surface area contributed by atoms with Crippen LogP contribution in [0.1, 0.15) is 22.8 Å². The lowest BCUT2D eigenvalue weighted by Crippen LogP contribution is -2.43. The maximum Gasteiger partial charge on any atom is 0.328 e. The Hall–Kier alpha value is -2.86. The van der Waals surface area contributed by atoms with Gasteiger partial charge in [-0.05, 0) is 35.9 Å². The summed E-state index contributed by atoms with van der Waals surface area (Å²) in [6.45, 7) is 1.38. The summed E-state index contributed by atoms with van der Waals surface area (Å²) in [6.07, 6.45) is 0.240. The van der Waals surface area contributed by atoms with Crippen LogP contribution >= 0.6 is 11.6 Å². The third kappa shape index (κ3) is 5.60. The van der Waals surface area contributed by atoms with Crippen LogP contribution in [0.2, 0.25) is 5.02 Å². The second kappa shape index (κ2) is 9.01. The number of methoxy groups -OCH3 is 1. The number of halogens is 1. The molecule has 0 saturated heterocycles. The normalized spacial score (nSPS) is 11.3. The Bertz CT molecular complexity index is 823. The molecule has 0 unspecified atom stereocenters. The summed E-state index contributed by atoms with van der Waals surface area (Å²) in [5.74, 6) is -1.25. The molecule has 1 atom stereocenters. The largest absolute Gasteiger partial charge is 0.467 e. The molecule has 2 N–H and O–H groups in total. The first-order chi connectivity index (χ1) is 12.4. The minimum Gasteiger partial charge on any atom is -0.467 e. The molecule has 6 nitrogen and oxygen atoms in total. The average Bonchev–Trinajstić information content (AvgIpc) is 2.60. The van der Waals surface area contributed by atoms with Crippen LogP contribution in [-0.2, 0) is 20.7 Å². The summed E-state index contributed by atoms with van der Waals surface area (Å²) < 4.78 is 4.78. The lowest BCUT2D eigenvalue weighted by atomic mass is 10.1. The van der Waals surface area contributed by atoms with Gasteiger partial charge in [0.2, 0.25) is 5.91 Å². The average molecular weight is 375 g/mol. The predicted octanol–water partition coefficient (Wildman–Crippen LogP) is 2.81. The molecule has 0 saturated carbocycles. The molecule has 2 amide bonds. The first-order valence-corrected chi connectivity index (χ1v) is 8.27. The monoisotopic (exact) mass is 374 g/mol. The van der Waals surface area contributed by atoms with Gasteiger partial charge in [-0.15, -0.1) is 0 Å². The van der Waals surface area contributed by atoms with Crippen LogP contribution in [0.25, 0.3) is 0 Å². The fourth-order valence-corrected chi connectivity index (χ4v) is 2.63. The molecule has 0 radical (unpaired) electrons. The molecule has 2 aromatic carbocycles. The van der Waals surface area contributed by atoms with Gasteiger partial charge in [0.05, 0.1) is 7.11 Å². The molecule has 136 valence electrons. The summed E-state index contributed by atoms with van der Waals surface area (Å²) in [7, 11) is 1.26. The van der Waals surface area contributed by atoms with Crippen molar-refractivity contribution in [3.8, 4) is 0 Å². The third-order valence-corrected chi connectivity index (χ3v) is 3.80. The van der Waals surface area contributed by atoms with Gasteiger partial charge in [-0.1, -0.05) is 29.8 Å². The first-order valence-electron chi connectivity index (χ1n) is 7.90. The second-order valence-electron chi connectivity index (χ2n) is 5.65. The van der Waals surface area contributed by atoms with E-state index in [2.05, 4.69) is 10.6 Å². The van der Waals surface area contributed by atoms with Gasteiger partial charge in [-0.25, -0.2) is 4.79 Å². The van der Waals surface area contributed by atoms with Crippen molar-refractivity contribution in [2.75, 3.05) is 12.4 Å². The summed E-state index contributed by atoms with van der Waals surface area (Å²) in [5, 5.41) is 5.81. The molecule has 0 spiro atoms. The van der Waals surface area contributed by atoms with Gasteiger partial charge in [0.25, 0.3) is 5.91 Å². The van der Waals surface area contributed by atoms with E-state index < -0.39 is 17.9 Å². The van der Waals surface area contributed by atoms with Gasteiger partial charge in [0, 0.05) is 29.6 Å². The highest BCUT2D eigenvalue weighted by atomic mass is 35.5. The van der Waals surface area contributed by atoms with Crippen molar-refractivity contribution in [1.82, 2.24) is 5.32 Å². The van der Waals surface area contributed by atoms with E-state index in [0.29, 0.717) is 16.3 Å². The topological polar surface area (TPSA) is 84.5 Å². The van der Waals surface area contributed by atoms with Gasteiger partial charge in [-0.3, -0.25) is 9.59 Å². The number of nitrogens with one attached hydrogen (secondary N) is 2. The molecule has 2 aromatic rings. The number of esters is 1. The van der Waals surface area contributed by atoms with Crippen LogP contribution in [-0.4, -0.2) is 30.9 Å². The first kappa shape index (κ1) is 19.5. The standard InChI is InChI=1S/C19H19ClN2O4/c1-12(23)21-16-8-4-6-14(11-16)18(24)22-17(19(25)26-2)10-13-5-3-7-15(20)9-13/h3-9,11,17H,10H2,1-2H3,(H,21,23)(H,22,24)/t17-/m1/s1. The number of hydrogen-bond acceptors (Lipinski definition) is 4. The van der Waals surface area contributed by atoms with Crippen LogP contribution in [0.15, 0.2) is 48.5 Å². The Morgan fingerprint density at radius 3 is 2.50 bits per heavy atom. The highest BCUT2D eigenvalue weighted by Crippen LogP contribution is 2.14. The quantitative estimate of drug-likeness (QED) is 0.761. The number of hydrogen-bond donors (Lipinski definition) is 2. The van der Waals surface area contributed by atoms with Crippen molar-refractivity contribution in [3.63, 3.8) is 0 Å². The lowest BCUT2D eigenvalue weighted by molar-refractivity contribution is -0.142. The SMILES string of the molecule is COC(=O)[C@@H](Cc1cccc(Cl)c1)NC(=O)c1cccc(NC(C)=O)c1. The van der Waals surface area contributed by atoms with Crippen LogP contribution in [0, 0.1) is 0 Å². The fraction of sp³-hybridized carbons (Fsp3) is 0.211. The minimum absolute atomic E-state index is 0.240. The van der Waals surface area contributed by atoms with Crippen molar-refractivity contribution in [2.45, 2.75) is 19.4 Å². The van der Waals surface area contributed by atoms with Crippen LogP contribution in [0.3, 0.4) is 0 Å². The molecule has 0 aliphatic rings. The Morgan fingerprint density at radius 1 is 1.12 bits per heavy atom. The number of ether oxygens (including phenoxy) is 1. The van der Waals surface area contributed by atoms with Gasteiger partial charge in [0.1, 0.15) is 6.04 Å². The molecule has 0 aliphatic carbocycles. The van der Waals surface area contributed by atoms with Crippen LogP contribution < -0.4 is 10.6 Å². The van der Waals surface area contributed by atoms with E-state index in [1.165, 1.54) is 20.1 Å². The van der Waals surface area contributed by atoms with Crippen LogP contribution in [0.4, 0.5) is 5.69 Å². The van der Waals surface area contributed by atoms with Crippen molar-refractivity contribution >= 4 is 35.1 Å². The number of benzene rings is 2. The Labute approximate surface area is 156 Å². The van der Waals surface area contributed by atoms with Gasteiger partial charge in [0.15, 0.2) is 0 Å². The highest BCUT2D eigenvalue weighted by Gasteiger charge is 2.23. The molecule has 0 heterocycles. The fourth-order valence-electron chi connectivity index (χ4n) is 2.42. The predicted molar refractivity (Wildman–Crippen MR) is 99.2 cm³/mol. The van der Waals surface area contributed by atoms with E-state index in [9.17, 15) is 14.4 Å². The van der Waals surface area contributed by atoms with E-state index in [4.69, 9.17) is 16.3 Å². The molecular weight excluding hydrogens is 356 g/mol. The Balaban J connectivity index is 2.16. The zero-order chi connectivity index (χ0) is 19.1. The van der Waals surface area contributed by atoms with Crippen LogP contribution in [0.5, 0.6) is 0 Å². The number of amides is 2. The number of rotatable bonds is 6. The van der Waals surface area contributed by atoms with Crippen molar-refractivity contribution < 1.29 is 19.1 Å². The zero-order valence-electron chi connectivity index (χ0n) is 14.4. The van der Waals surface area contributed by atoms with E-state index in [1.807, 2.05) is 6.07 Å². The smallest absolute Gasteiger partial charge is 0.328 e. The van der Waals surface area contributed by atoms with Gasteiger partial charge in [-0.2, -0.15) is 0 Å². The van der Waals surface area contributed by atoms with E-state index in [-0.39, 0.29) is 12.3 Å². The van der Waals surface area contributed by atoms with E-state index in [0.717, 1.165) is 5.56 Å². The summed E-state index contributed by atoms with van der Waals surface area (Å²) in [6, 6.07) is 12.6. The summed E-state index contributed by atoms with van der Waals surface area (Å²) in [5.41, 5.74) is 1.60. The minimum atomic E-state index is -0.865. The van der Waals surface area contributed by atoms with Crippen molar-refractivity contribution in [1.29, 1.82) is 0 Å². The number of carbonyl (C=O) groups is 3. The van der Waals surface area contributed by atoms with E-state index in [1.54, 1.807) is 36.4 Å². The second-order valence-corrected chi connectivity index (χ2v) is 6.08. The molecule has 0 fully saturated rings.